The van der Waals surface area contributed by atoms with Crippen molar-refractivity contribution in [3.8, 4) is 6.07 Å². The van der Waals surface area contributed by atoms with Gasteiger partial charge in [0.2, 0.25) is 0 Å². The van der Waals surface area contributed by atoms with E-state index in [1.165, 1.54) is 16.7 Å². The maximum atomic E-state index is 10.1. The summed E-state index contributed by atoms with van der Waals surface area (Å²) >= 11 is 0. The van der Waals surface area contributed by atoms with Gasteiger partial charge in [-0.3, -0.25) is 4.40 Å². The summed E-state index contributed by atoms with van der Waals surface area (Å²) in [6, 6.07) is 29.6. The Balaban J connectivity index is 1.78. The van der Waals surface area contributed by atoms with Gasteiger partial charge in [0.05, 0.1) is 16.6 Å². The highest BCUT2D eigenvalue weighted by Crippen LogP contribution is 2.34. The molecule has 5 aromatic rings. The normalized spacial score (nSPS) is 12.1. The zero-order chi connectivity index (χ0) is 22.9. The summed E-state index contributed by atoms with van der Waals surface area (Å²) in [6.45, 7) is 6.31. The molecule has 2 aromatic heterocycles. The molecule has 1 atom stereocenters. The number of hydrogen-bond acceptors (Lipinski definition) is 3. The van der Waals surface area contributed by atoms with Gasteiger partial charge in [-0.2, -0.15) is 5.26 Å². The summed E-state index contributed by atoms with van der Waals surface area (Å²) < 4.78 is 2.13. The fraction of sp³-hybridized carbons (Fsp3) is 0.172. The highest BCUT2D eigenvalue weighted by molar-refractivity contribution is 5.86. The van der Waals surface area contributed by atoms with Gasteiger partial charge < -0.3 is 5.32 Å². The van der Waals surface area contributed by atoms with E-state index in [0.717, 1.165) is 34.4 Å². The van der Waals surface area contributed by atoms with Gasteiger partial charge in [0.15, 0.2) is 5.65 Å². The summed E-state index contributed by atoms with van der Waals surface area (Å²) in [6.07, 6.45) is 0.729. The third-order valence-electron chi connectivity index (χ3n) is 6.39. The standard InChI is InChI=1S/C29H26N4/c1-19-13-15-22(16-14-19)17-24-20(2)25(18-30)29-32-26-11-7-8-12-27(26)33(29)28(24)31-21(3)23-9-5-4-6-10-23/h4-16,21,31H,17H2,1-3H3. The van der Waals surface area contributed by atoms with Crippen LogP contribution in [-0.2, 0) is 6.42 Å². The molecule has 0 spiro atoms. The van der Waals surface area contributed by atoms with E-state index in [2.05, 4.69) is 84.2 Å². The van der Waals surface area contributed by atoms with Gasteiger partial charge in [0.25, 0.3) is 0 Å². The molecule has 0 radical (unpaired) electrons. The van der Waals surface area contributed by atoms with Gasteiger partial charge in [-0.15, -0.1) is 0 Å². The Bertz CT molecular complexity index is 1490. The number of aromatic nitrogens is 2. The number of imidazole rings is 1. The third kappa shape index (κ3) is 3.72. The van der Waals surface area contributed by atoms with Crippen molar-refractivity contribution in [2.24, 2.45) is 0 Å². The Morgan fingerprint density at radius 1 is 0.939 bits per heavy atom. The van der Waals surface area contributed by atoms with E-state index in [1.807, 2.05) is 31.2 Å². The lowest BCUT2D eigenvalue weighted by molar-refractivity contribution is 0.862. The fourth-order valence-electron chi connectivity index (χ4n) is 4.49. The molecule has 33 heavy (non-hydrogen) atoms. The molecule has 5 rings (SSSR count). The van der Waals surface area contributed by atoms with E-state index in [9.17, 15) is 5.26 Å². The van der Waals surface area contributed by atoms with Gasteiger partial charge in [-0.1, -0.05) is 72.3 Å². The number of fused-ring (bicyclic) bond motifs is 3. The summed E-state index contributed by atoms with van der Waals surface area (Å²) in [4.78, 5) is 4.85. The number of benzene rings is 3. The van der Waals surface area contributed by atoms with Gasteiger partial charge in [-0.25, -0.2) is 4.98 Å². The lowest BCUT2D eigenvalue weighted by Crippen LogP contribution is -2.14. The minimum Gasteiger partial charge on any atom is -0.364 e. The molecule has 0 bridgehead atoms. The first-order valence-electron chi connectivity index (χ1n) is 11.3. The van der Waals surface area contributed by atoms with Crippen molar-refractivity contribution in [3.05, 3.63) is 112 Å². The number of hydrogen-bond donors (Lipinski definition) is 1. The van der Waals surface area contributed by atoms with Crippen molar-refractivity contribution in [1.29, 1.82) is 5.26 Å². The fourth-order valence-corrected chi connectivity index (χ4v) is 4.49. The molecule has 4 heteroatoms. The molecule has 0 saturated heterocycles. The number of nitriles is 1. The lowest BCUT2D eigenvalue weighted by atomic mass is 9.96. The van der Waals surface area contributed by atoms with E-state index in [1.54, 1.807) is 0 Å². The number of aryl methyl sites for hydroxylation is 1. The summed E-state index contributed by atoms with van der Waals surface area (Å²) in [5, 5.41) is 13.9. The van der Waals surface area contributed by atoms with Crippen LogP contribution in [-0.4, -0.2) is 9.38 Å². The predicted molar refractivity (Wildman–Crippen MR) is 135 cm³/mol. The zero-order valence-electron chi connectivity index (χ0n) is 19.1. The van der Waals surface area contributed by atoms with Crippen LogP contribution in [0.15, 0.2) is 78.9 Å². The number of nitrogens with one attached hydrogen (secondary N) is 1. The van der Waals surface area contributed by atoms with Crippen LogP contribution in [0.25, 0.3) is 16.7 Å². The smallest absolute Gasteiger partial charge is 0.157 e. The maximum Gasteiger partial charge on any atom is 0.157 e. The number of rotatable bonds is 5. The van der Waals surface area contributed by atoms with Crippen LogP contribution < -0.4 is 5.32 Å². The van der Waals surface area contributed by atoms with Gasteiger partial charge in [-0.05, 0) is 49.6 Å². The SMILES string of the molecule is Cc1ccc(Cc2c(C)c(C#N)c3nc4ccccc4n3c2NC(C)c2ccccc2)cc1. The van der Waals surface area contributed by atoms with Crippen molar-refractivity contribution >= 4 is 22.5 Å². The highest BCUT2D eigenvalue weighted by Gasteiger charge is 2.22. The van der Waals surface area contributed by atoms with Crippen molar-refractivity contribution < 1.29 is 0 Å². The van der Waals surface area contributed by atoms with E-state index in [4.69, 9.17) is 4.98 Å². The molecular formula is C29H26N4. The van der Waals surface area contributed by atoms with Crippen LogP contribution >= 0.6 is 0 Å². The topological polar surface area (TPSA) is 53.1 Å². The number of anilines is 1. The zero-order valence-corrected chi connectivity index (χ0v) is 19.1. The predicted octanol–water partition coefficient (Wildman–Crippen LogP) is 6.74. The lowest BCUT2D eigenvalue weighted by Gasteiger charge is -2.23. The third-order valence-corrected chi connectivity index (χ3v) is 6.39. The van der Waals surface area contributed by atoms with Crippen molar-refractivity contribution in [3.63, 3.8) is 0 Å². The monoisotopic (exact) mass is 430 g/mol. The number of pyridine rings is 1. The van der Waals surface area contributed by atoms with Crippen LogP contribution in [0.4, 0.5) is 5.82 Å². The van der Waals surface area contributed by atoms with Crippen molar-refractivity contribution in [1.82, 2.24) is 9.38 Å². The molecule has 0 aliphatic rings. The minimum absolute atomic E-state index is 0.0830. The van der Waals surface area contributed by atoms with Crippen LogP contribution in [0.2, 0.25) is 0 Å². The van der Waals surface area contributed by atoms with Crippen LogP contribution in [0.5, 0.6) is 0 Å². The first-order valence-corrected chi connectivity index (χ1v) is 11.3. The molecule has 4 nitrogen and oxygen atoms in total. The number of nitrogens with zero attached hydrogens (tertiary/aromatic N) is 3. The second-order valence-corrected chi connectivity index (χ2v) is 8.64. The van der Waals surface area contributed by atoms with Crippen molar-refractivity contribution in [2.45, 2.75) is 33.2 Å². The van der Waals surface area contributed by atoms with Crippen molar-refractivity contribution in [2.75, 3.05) is 5.32 Å². The van der Waals surface area contributed by atoms with Gasteiger partial charge in [0.1, 0.15) is 11.9 Å². The number of para-hydroxylation sites is 2. The van der Waals surface area contributed by atoms with Crippen LogP contribution in [0.1, 0.15) is 46.3 Å². The minimum atomic E-state index is 0.0830. The van der Waals surface area contributed by atoms with Crippen LogP contribution in [0.3, 0.4) is 0 Å². The summed E-state index contributed by atoms with van der Waals surface area (Å²) in [5.74, 6) is 0.993. The highest BCUT2D eigenvalue weighted by atomic mass is 15.1. The molecule has 0 saturated carbocycles. The van der Waals surface area contributed by atoms with E-state index in [-0.39, 0.29) is 6.04 Å². The molecule has 1 N–H and O–H groups in total. The Kier molecular flexibility index (Phi) is 5.32. The Morgan fingerprint density at radius 3 is 2.36 bits per heavy atom. The second kappa shape index (κ2) is 8.44. The average molecular weight is 431 g/mol. The first-order chi connectivity index (χ1) is 16.1. The molecule has 0 aliphatic heterocycles. The maximum absolute atomic E-state index is 10.1. The van der Waals surface area contributed by atoms with Gasteiger partial charge in [0, 0.05) is 18.0 Å². The Morgan fingerprint density at radius 2 is 1.64 bits per heavy atom. The van der Waals surface area contributed by atoms with E-state index >= 15 is 0 Å². The molecule has 2 heterocycles. The molecule has 0 aliphatic carbocycles. The molecular weight excluding hydrogens is 404 g/mol. The Labute approximate surface area is 194 Å². The molecule has 0 amide bonds. The molecule has 162 valence electrons. The summed E-state index contributed by atoms with van der Waals surface area (Å²) in [7, 11) is 0. The van der Waals surface area contributed by atoms with E-state index < -0.39 is 0 Å². The average Bonchev–Trinajstić information content (AvgIpc) is 3.22. The summed E-state index contributed by atoms with van der Waals surface area (Å²) in [5.41, 5.74) is 8.97. The molecule has 3 aromatic carbocycles. The van der Waals surface area contributed by atoms with Crippen LogP contribution in [0, 0.1) is 25.2 Å². The largest absolute Gasteiger partial charge is 0.364 e. The van der Waals surface area contributed by atoms with Gasteiger partial charge >= 0.3 is 0 Å². The molecule has 0 fully saturated rings. The Hall–Kier alpha value is -4.10. The molecule has 1 unspecified atom stereocenters. The first kappa shape index (κ1) is 20.8. The quantitative estimate of drug-likeness (QED) is 0.336. The van der Waals surface area contributed by atoms with E-state index in [0.29, 0.717) is 11.2 Å². The second-order valence-electron chi connectivity index (χ2n) is 8.64.